The van der Waals surface area contributed by atoms with Crippen molar-refractivity contribution in [3.63, 3.8) is 0 Å². The molecule has 2 rings (SSSR count). The van der Waals surface area contributed by atoms with E-state index in [-0.39, 0.29) is 0 Å². The van der Waals surface area contributed by atoms with Crippen LogP contribution in [0.2, 0.25) is 0 Å². The van der Waals surface area contributed by atoms with Gasteiger partial charge in [0.1, 0.15) is 11.8 Å². The lowest BCUT2D eigenvalue weighted by Gasteiger charge is -2.23. The summed E-state index contributed by atoms with van der Waals surface area (Å²) in [4.78, 5) is 3.97. The average molecular weight is 229 g/mol. The number of pyridine rings is 1. The minimum atomic E-state index is 0.477. The minimum Gasteiger partial charge on any atom is -0.312 e. The molecule has 1 aromatic rings. The molecule has 90 valence electrons. The summed E-state index contributed by atoms with van der Waals surface area (Å²) >= 11 is 0. The first kappa shape index (κ1) is 12.1. The summed E-state index contributed by atoms with van der Waals surface area (Å²) in [5, 5.41) is 12.3. The van der Waals surface area contributed by atoms with E-state index in [2.05, 4.69) is 23.3 Å². The molecule has 0 bridgehead atoms. The molecule has 1 aromatic heterocycles. The maximum Gasteiger partial charge on any atom is 0.140 e. The van der Waals surface area contributed by atoms with Crippen molar-refractivity contribution in [2.75, 3.05) is 6.54 Å². The Hall–Kier alpha value is -1.40. The Labute approximate surface area is 103 Å². The Morgan fingerprint density at radius 1 is 1.47 bits per heavy atom. The van der Waals surface area contributed by atoms with Gasteiger partial charge in [0.15, 0.2) is 0 Å². The second-order valence-electron chi connectivity index (χ2n) is 5.28. The topological polar surface area (TPSA) is 48.7 Å². The smallest absolute Gasteiger partial charge is 0.140 e. The van der Waals surface area contributed by atoms with E-state index in [0.29, 0.717) is 11.1 Å². The van der Waals surface area contributed by atoms with Crippen molar-refractivity contribution in [2.45, 2.75) is 39.2 Å². The summed E-state index contributed by atoms with van der Waals surface area (Å²) in [5.74, 6) is 0. The molecule has 1 N–H and O–H groups in total. The third-order valence-electron chi connectivity index (χ3n) is 3.63. The van der Waals surface area contributed by atoms with Crippen LogP contribution in [0, 0.1) is 16.7 Å². The predicted molar refractivity (Wildman–Crippen MR) is 67.2 cm³/mol. The highest BCUT2D eigenvalue weighted by Crippen LogP contribution is 2.36. The first-order chi connectivity index (χ1) is 8.22. The number of hydrogen-bond donors (Lipinski definition) is 1. The van der Waals surface area contributed by atoms with Crippen LogP contribution in [0.5, 0.6) is 0 Å². The highest BCUT2D eigenvalue weighted by Gasteiger charge is 2.27. The van der Waals surface area contributed by atoms with Gasteiger partial charge in [0.25, 0.3) is 0 Å². The SMILES string of the molecule is CC1(CNCc2ccnc(C#N)c2)CCCC1. The molecule has 3 heteroatoms. The zero-order chi connectivity index (χ0) is 12.1. The van der Waals surface area contributed by atoms with Gasteiger partial charge >= 0.3 is 0 Å². The molecule has 1 aliphatic carbocycles. The Balaban J connectivity index is 1.83. The molecular weight excluding hydrogens is 210 g/mol. The van der Waals surface area contributed by atoms with Gasteiger partial charge in [0.2, 0.25) is 0 Å². The molecule has 0 spiro atoms. The van der Waals surface area contributed by atoms with Gasteiger partial charge in [-0.25, -0.2) is 4.98 Å². The van der Waals surface area contributed by atoms with Crippen molar-refractivity contribution in [3.05, 3.63) is 29.6 Å². The number of nitrogens with zero attached hydrogens (tertiary/aromatic N) is 2. The zero-order valence-corrected chi connectivity index (χ0v) is 10.4. The van der Waals surface area contributed by atoms with Crippen LogP contribution in [0.15, 0.2) is 18.3 Å². The normalized spacial score (nSPS) is 17.9. The quantitative estimate of drug-likeness (QED) is 0.863. The predicted octanol–water partition coefficient (Wildman–Crippen LogP) is 2.62. The highest BCUT2D eigenvalue weighted by atomic mass is 14.9. The molecule has 0 saturated heterocycles. The summed E-state index contributed by atoms with van der Waals surface area (Å²) < 4.78 is 0. The first-order valence-corrected chi connectivity index (χ1v) is 6.28. The Morgan fingerprint density at radius 3 is 2.94 bits per heavy atom. The lowest BCUT2D eigenvalue weighted by atomic mass is 9.89. The fourth-order valence-corrected chi connectivity index (χ4v) is 2.56. The molecule has 0 aromatic carbocycles. The van der Waals surface area contributed by atoms with Crippen LogP contribution in [0.25, 0.3) is 0 Å². The maximum atomic E-state index is 8.77. The van der Waals surface area contributed by atoms with Crippen LogP contribution >= 0.6 is 0 Å². The molecule has 1 saturated carbocycles. The minimum absolute atomic E-state index is 0.477. The third kappa shape index (κ3) is 3.28. The summed E-state index contributed by atoms with van der Waals surface area (Å²) in [6, 6.07) is 5.88. The molecule has 0 unspecified atom stereocenters. The second kappa shape index (κ2) is 5.29. The summed E-state index contributed by atoms with van der Waals surface area (Å²) in [5.41, 5.74) is 2.11. The van der Waals surface area contributed by atoms with Gasteiger partial charge in [0, 0.05) is 19.3 Å². The molecule has 3 nitrogen and oxygen atoms in total. The Morgan fingerprint density at radius 2 is 2.24 bits per heavy atom. The van der Waals surface area contributed by atoms with E-state index in [1.807, 2.05) is 12.1 Å². The molecule has 1 heterocycles. The van der Waals surface area contributed by atoms with Crippen molar-refractivity contribution in [2.24, 2.45) is 5.41 Å². The van der Waals surface area contributed by atoms with Crippen LogP contribution in [-0.2, 0) is 6.54 Å². The fraction of sp³-hybridized carbons (Fsp3) is 0.571. The summed E-state index contributed by atoms with van der Waals surface area (Å²) in [6.07, 6.45) is 7.10. The van der Waals surface area contributed by atoms with Crippen molar-refractivity contribution in [1.29, 1.82) is 5.26 Å². The van der Waals surface area contributed by atoms with Gasteiger partial charge in [-0.3, -0.25) is 0 Å². The highest BCUT2D eigenvalue weighted by molar-refractivity contribution is 5.25. The molecule has 1 aliphatic rings. The van der Waals surface area contributed by atoms with E-state index >= 15 is 0 Å². The standard InChI is InChI=1S/C14H19N3/c1-14(5-2-3-6-14)11-16-10-12-4-7-17-13(8-12)9-15/h4,7-8,16H,2-3,5-6,10-11H2,1H3. The summed E-state index contributed by atoms with van der Waals surface area (Å²) in [7, 11) is 0. The van der Waals surface area contributed by atoms with Crippen LogP contribution in [0.1, 0.15) is 43.9 Å². The van der Waals surface area contributed by atoms with Gasteiger partial charge in [-0.15, -0.1) is 0 Å². The molecule has 0 radical (unpaired) electrons. The van der Waals surface area contributed by atoms with E-state index in [0.717, 1.165) is 18.7 Å². The van der Waals surface area contributed by atoms with Crippen LogP contribution < -0.4 is 5.32 Å². The zero-order valence-electron chi connectivity index (χ0n) is 10.4. The molecule has 17 heavy (non-hydrogen) atoms. The van der Waals surface area contributed by atoms with Crippen LogP contribution in [-0.4, -0.2) is 11.5 Å². The molecule has 0 amide bonds. The van der Waals surface area contributed by atoms with Gasteiger partial charge in [-0.2, -0.15) is 5.26 Å². The van der Waals surface area contributed by atoms with Crippen LogP contribution in [0.3, 0.4) is 0 Å². The number of aromatic nitrogens is 1. The van der Waals surface area contributed by atoms with Gasteiger partial charge in [-0.05, 0) is 36.0 Å². The van der Waals surface area contributed by atoms with Gasteiger partial charge < -0.3 is 5.32 Å². The van der Waals surface area contributed by atoms with E-state index in [1.54, 1.807) is 6.20 Å². The monoisotopic (exact) mass is 229 g/mol. The van der Waals surface area contributed by atoms with Gasteiger partial charge in [0.05, 0.1) is 0 Å². The lowest BCUT2D eigenvalue weighted by Crippen LogP contribution is -2.29. The number of hydrogen-bond acceptors (Lipinski definition) is 3. The number of nitrogens with one attached hydrogen (secondary N) is 1. The Kier molecular flexibility index (Phi) is 3.75. The molecule has 1 fully saturated rings. The Bertz CT molecular complexity index is 414. The first-order valence-electron chi connectivity index (χ1n) is 6.28. The van der Waals surface area contributed by atoms with E-state index in [4.69, 9.17) is 5.26 Å². The van der Waals surface area contributed by atoms with E-state index in [9.17, 15) is 0 Å². The van der Waals surface area contributed by atoms with Crippen molar-refractivity contribution in [3.8, 4) is 6.07 Å². The van der Waals surface area contributed by atoms with E-state index in [1.165, 1.54) is 25.7 Å². The molecule has 0 atom stereocenters. The van der Waals surface area contributed by atoms with Gasteiger partial charge in [-0.1, -0.05) is 19.8 Å². The molecule has 0 aliphatic heterocycles. The van der Waals surface area contributed by atoms with E-state index < -0.39 is 0 Å². The van der Waals surface area contributed by atoms with Crippen molar-refractivity contribution >= 4 is 0 Å². The third-order valence-corrected chi connectivity index (χ3v) is 3.63. The maximum absolute atomic E-state index is 8.77. The lowest BCUT2D eigenvalue weighted by molar-refractivity contribution is 0.314. The number of nitriles is 1. The van der Waals surface area contributed by atoms with Crippen molar-refractivity contribution < 1.29 is 0 Å². The number of rotatable bonds is 4. The van der Waals surface area contributed by atoms with Crippen molar-refractivity contribution in [1.82, 2.24) is 10.3 Å². The average Bonchev–Trinajstić information content (AvgIpc) is 2.77. The second-order valence-corrected chi connectivity index (χ2v) is 5.28. The van der Waals surface area contributed by atoms with Crippen LogP contribution in [0.4, 0.5) is 0 Å². The fourth-order valence-electron chi connectivity index (χ4n) is 2.56. The largest absolute Gasteiger partial charge is 0.312 e. The summed E-state index contributed by atoms with van der Waals surface area (Å²) in [6.45, 7) is 4.25. The molecular formula is C14H19N3.